The molecule has 0 saturated carbocycles. The van der Waals surface area contributed by atoms with Crippen LogP contribution in [0.2, 0.25) is 10.0 Å². The number of benzene rings is 2. The monoisotopic (exact) mass is 431 g/mol. The number of rotatable bonds is 5. The smallest absolute Gasteiger partial charge is 0.230 e. The van der Waals surface area contributed by atoms with Crippen LogP contribution in [0.5, 0.6) is 5.75 Å². The van der Waals surface area contributed by atoms with Crippen LogP contribution in [0, 0.1) is 0 Å². The number of fused-ring (bicyclic) bond motifs is 1. The number of methoxy groups -OCH3 is 1. The maximum Gasteiger partial charge on any atom is 0.230 e. The van der Waals surface area contributed by atoms with Gasteiger partial charge >= 0.3 is 0 Å². The summed E-state index contributed by atoms with van der Waals surface area (Å²) in [6.07, 6.45) is 2.16. The fourth-order valence-corrected chi connectivity index (χ4v) is 3.97. The molecule has 0 spiro atoms. The van der Waals surface area contributed by atoms with E-state index in [0.717, 1.165) is 27.7 Å². The van der Waals surface area contributed by atoms with Crippen LogP contribution >= 0.6 is 34.5 Å². The first-order valence-electron chi connectivity index (χ1n) is 8.38. The van der Waals surface area contributed by atoms with Crippen molar-refractivity contribution in [3.05, 3.63) is 69.8 Å². The molecule has 0 atom stereocenters. The van der Waals surface area contributed by atoms with Crippen molar-refractivity contribution in [1.29, 1.82) is 0 Å². The zero-order valence-electron chi connectivity index (χ0n) is 14.8. The summed E-state index contributed by atoms with van der Waals surface area (Å²) >= 11 is 13.4. The summed E-state index contributed by atoms with van der Waals surface area (Å²) in [5.74, 6) is 0.655. The average Bonchev–Trinajstić information content (AvgIpc) is 3.27. The van der Waals surface area contributed by atoms with Crippen molar-refractivity contribution in [2.75, 3.05) is 12.4 Å². The number of amides is 1. The lowest BCUT2D eigenvalue weighted by atomic mass is 10.2. The van der Waals surface area contributed by atoms with E-state index in [1.165, 1.54) is 11.3 Å². The van der Waals surface area contributed by atoms with Gasteiger partial charge in [-0.3, -0.25) is 9.20 Å². The highest BCUT2D eigenvalue weighted by Gasteiger charge is 2.13. The van der Waals surface area contributed by atoms with E-state index in [4.69, 9.17) is 27.9 Å². The topological polar surface area (TPSA) is 55.6 Å². The molecule has 1 amide bonds. The van der Waals surface area contributed by atoms with Gasteiger partial charge in [0.25, 0.3) is 0 Å². The summed E-state index contributed by atoms with van der Waals surface area (Å²) < 4.78 is 7.13. The third kappa shape index (κ3) is 3.85. The van der Waals surface area contributed by atoms with Crippen molar-refractivity contribution in [3.8, 4) is 17.0 Å². The lowest BCUT2D eigenvalue weighted by Crippen LogP contribution is -2.15. The van der Waals surface area contributed by atoms with Gasteiger partial charge in [-0.05, 0) is 42.5 Å². The Morgan fingerprint density at radius 3 is 2.68 bits per heavy atom. The van der Waals surface area contributed by atoms with Gasteiger partial charge in [-0.2, -0.15) is 0 Å². The van der Waals surface area contributed by atoms with Crippen molar-refractivity contribution in [3.63, 3.8) is 0 Å². The number of hydrogen-bond donors (Lipinski definition) is 1. The van der Waals surface area contributed by atoms with Gasteiger partial charge in [0.2, 0.25) is 5.91 Å². The number of hydrogen-bond acceptors (Lipinski definition) is 4. The van der Waals surface area contributed by atoms with E-state index in [1.807, 2.05) is 40.2 Å². The predicted molar refractivity (Wildman–Crippen MR) is 114 cm³/mol. The molecule has 4 aromatic rings. The van der Waals surface area contributed by atoms with Crippen LogP contribution in [0.15, 0.2) is 54.0 Å². The molecule has 4 rings (SSSR count). The number of halogens is 2. The largest absolute Gasteiger partial charge is 0.497 e. The molecule has 0 aliphatic heterocycles. The highest BCUT2D eigenvalue weighted by atomic mass is 35.5. The second-order valence-electron chi connectivity index (χ2n) is 6.09. The summed E-state index contributed by atoms with van der Waals surface area (Å²) in [5.41, 5.74) is 3.31. The molecule has 28 heavy (non-hydrogen) atoms. The van der Waals surface area contributed by atoms with Gasteiger partial charge in [-0.25, -0.2) is 4.98 Å². The van der Waals surface area contributed by atoms with Crippen LogP contribution in [0.3, 0.4) is 0 Å². The van der Waals surface area contributed by atoms with Crippen molar-refractivity contribution < 1.29 is 9.53 Å². The lowest BCUT2D eigenvalue weighted by Gasteiger charge is -2.06. The van der Waals surface area contributed by atoms with Crippen molar-refractivity contribution in [2.24, 2.45) is 0 Å². The number of thiazole rings is 1. The van der Waals surface area contributed by atoms with Crippen molar-refractivity contribution >= 4 is 51.1 Å². The van der Waals surface area contributed by atoms with Crippen LogP contribution in [0.25, 0.3) is 16.2 Å². The molecule has 5 nitrogen and oxygen atoms in total. The van der Waals surface area contributed by atoms with E-state index in [0.29, 0.717) is 15.7 Å². The molecule has 2 heterocycles. The van der Waals surface area contributed by atoms with Crippen molar-refractivity contribution in [2.45, 2.75) is 6.42 Å². The van der Waals surface area contributed by atoms with Gasteiger partial charge in [0.1, 0.15) is 5.75 Å². The van der Waals surface area contributed by atoms with E-state index in [9.17, 15) is 4.79 Å². The van der Waals surface area contributed by atoms with E-state index < -0.39 is 0 Å². The maximum absolute atomic E-state index is 12.4. The Kier molecular flexibility index (Phi) is 5.26. The number of nitrogens with one attached hydrogen (secondary N) is 1. The molecule has 142 valence electrons. The first-order chi connectivity index (χ1) is 13.5. The molecule has 0 saturated heterocycles. The van der Waals surface area contributed by atoms with Crippen LogP contribution < -0.4 is 10.1 Å². The van der Waals surface area contributed by atoms with E-state index in [1.54, 1.807) is 25.3 Å². The quantitative estimate of drug-likeness (QED) is 0.449. The fraction of sp³-hybridized carbons (Fsp3) is 0.100. The molecule has 0 bridgehead atoms. The Bertz CT molecular complexity index is 1150. The first-order valence-corrected chi connectivity index (χ1v) is 10.0. The number of carbonyl (C=O) groups is 1. The second-order valence-corrected chi connectivity index (χ2v) is 7.74. The molecule has 0 unspecified atom stereocenters. The highest BCUT2D eigenvalue weighted by Crippen LogP contribution is 2.27. The van der Waals surface area contributed by atoms with E-state index in [-0.39, 0.29) is 12.3 Å². The van der Waals surface area contributed by atoms with Gasteiger partial charge in [0, 0.05) is 28.5 Å². The zero-order chi connectivity index (χ0) is 19.7. The molecule has 0 fully saturated rings. The number of nitrogens with zero attached hydrogens (tertiary/aromatic N) is 2. The standard InChI is InChI=1S/C20H15Cl2N3O2S/c1-27-15-5-2-12(3-6-15)18-10-25-14(11-28-20(25)24-18)9-19(26)23-13-4-7-16(21)17(22)8-13/h2-8,10-11H,9H2,1H3,(H,23,26). The molecule has 2 aromatic heterocycles. The molecule has 0 aliphatic rings. The Balaban J connectivity index is 1.53. The lowest BCUT2D eigenvalue weighted by molar-refractivity contribution is -0.115. The van der Waals surface area contributed by atoms with Crippen LogP contribution in [-0.4, -0.2) is 22.4 Å². The third-order valence-corrected chi connectivity index (χ3v) is 5.84. The van der Waals surface area contributed by atoms with Gasteiger partial charge in [-0.1, -0.05) is 23.2 Å². The first kappa shape index (κ1) is 18.8. The summed E-state index contributed by atoms with van der Waals surface area (Å²) in [6, 6.07) is 12.7. The van der Waals surface area contributed by atoms with Gasteiger partial charge in [0.15, 0.2) is 4.96 Å². The number of ether oxygens (including phenoxy) is 1. The molecular weight excluding hydrogens is 417 g/mol. The molecule has 2 aromatic carbocycles. The predicted octanol–water partition coefficient (Wildman–Crippen LogP) is 5.56. The Labute approximate surface area is 175 Å². The van der Waals surface area contributed by atoms with E-state index in [2.05, 4.69) is 10.3 Å². The Morgan fingerprint density at radius 2 is 1.96 bits per heavy atom. The summed E-state index contributed by atoms with van der Waals surface area (Å²) in [6.45, 7) is 0. The van der Waals surface area contributed by atoms with Crippen LogP contribution in [0.1, 0.15) is 5.69 Å². The number of aromatic nitrogens is 2. The number of anilines is 1. The highest BCUT2D eigenvalue weighted by molar-refractivity contribution is 7.15. The number of carbonyl (C=O) groups excluding carboxylic acids is 1. The zero-order valence-corrected chi connectivity index (χ0v) is 17.1. The molecular formula is C20H15Cl2N3O2S. The average molecular weight is 432 g/mol. The normalized spacial score (nSPS) is 11.0. The minimum Gasteiger partial charge on any atom is -0.497 e. The van der Waals surface area contributed by atoms with Crippen LogP contribution in [-0.2, 0) is 11.2 Å². The Morgan fingerprint density at radius 1 is 1.18 bits per heavy atom. The molecule has 8 heteroatoms. The SMILES string of the molecule is COc1ccc(-c2cn3c(CC(=O)Nc4ccc(Cl)c(Cl)c4)csc3n2)cc1. The van der Waals surface area contributed by atoms with Gasteiger partial charge in [-0.15, -0.1) is 11.3 Å². The van der Waals surface area contributed by atoms with Gasteiger partial charge in [0.05, 0.1) is 29.3 Å². The Hall–Kier alpha value is -2.54. The summed E-state index contributed by atoms with van der Waals surface area (Å²) in [4.78, 5) is 17.9. The van der Waals surface area contributed by atoms with Gasteiger partial charge < -0.3 is 10.1 Å². The second kappa shape index (κ2) is 7.83. The third-order valence-electron chi connectivity index (χ3n) is 4.21. The fourth-order valence-electron chi connectivity index (χ4n) is 2.80. The molecule has 1 N–H and O–H groups in total. The summed E-state index contributed by atoms with van der Waals surface area (Å²) in [5, 5.41) is 5.63. The minimum atomic E-state index is -0.141. The summed E-state index contributed by atoms with van der Waals surface area (Å²) in [7, 11) is 1.64. The molecule has 0 radical (unpaired) electrons. The van der Waals surface area contributed by atoms with Crippen molar-refractivity contribution in [1.82, 2.24) is 9.38 Å². The maximum atomic E-state index is 12.4. The number of imidazole rings is 1. The van der Waals surface area contributed by atoms with Crippen LogP contribution in [0.4, 0.5) is 5.69 Å². The van der Waals surface area contributed by atoms with E-state index >= 15 is 0 Å². The minimum absolute atomic E-state index is 0.141. The molecule has 0 aliphatic carbocycles.